The minimum absolute atomic E-state index is 1.01. The Kier molecular flexibility index (Phi) is 3.76. The van der Waals surface area contributed by atoms with Gasteiger partial charge in [-0.1, -0.05) is 13.3 Å². The molecule has 0 bridgehead atoms. The van der Waals surface area contributed by atoms with Gasteiger partial charge >= 0.3 is 0 Å². The lowest BCUT2D eigenvalue weighted by atomic mass is 10.2. The molecule has 0 atom stereocenters. The molecular weight excluding hydrogens is 166 g/mol. The molecule has 0 saturated carbocycles. The highest BCUT2D eigenvalue weighted by Gasteiger charge is 2.04. The fourth-order valence-corrected chi connectivity index (χ4v) is 2.55. The van der Waals surface area contributed by atoms with Gasteiger partial charge < -0.3 is 5.32 Å². The fraction of sp³-hybridized carbons (Fsp3) is 0.600. The highest BCUT2D eigenvalue weighted by molar-refractivity contribution is 7.12. The molecule has 0 aliphatic heterocycles. The predicted molar refractivity (Wildman–Crippen MR) is 55.8 cm³/mol. The lowest BCUT2D eigenvalue weighted by molar-refractivity contribution is 0.803. The average molecular weight is 183 g/mol. The second-order valence-electron chi connectivity index (χ2n) is 3.09. The Hall–Kier alpha value is -0.340. The Morgan fingerprint density at radius 3 is 2.83 bits per heavy atom. The van der Waals surface area contributed by atoms with Crippen molar-refractivity contribution in [1.29, 1.82) is 0 Å². The van der Waals surface area contributed by atoms with Gasteiger partial charge in [0.2, 0.25) is 0 Å². The van der Waals surface area contributed by atoms with E-state index in [-0.39, 0.29) is 0 Å². The maximum Gasteiger partial charge on any atom is 0.0213 e. The molecule has 0 amide bonds. The monoisotopic (exact) mass is 183 g/mol. The van der Waals surface area contributed by atoms with E-state index in [1.54, 1.807) is 4.88 Å². The third-order valence-corrected chi connectivity index (χ3v) is 3.02. The first kappa shape index (κ1) is 9.75. The Morgan fingerprint density at radius 2 is 2.25 bits per heavy atom. The van der Waals surface area contributed by atoms with Crippen LogP contribution in [0.2, 0.25) is 0 Å². The van der Waals surface area contributed by atoms with Crippen molar-refractivity contribution in [2.24, 2.45) is 0 Å². The van der Waals surface area contributed by atoms with Crippen LogP contribution in [0.15, 0.2) is 6.07 Å². The molecule has 1 nitrogen and oxygen atoms in total. The van der Waals surface area contributed by atoms with Gasteiger partial charge in [-0.25, -0.2) is 0 Å². The summed E-state index contributed by atoms with van der Waals surface area (Å²) in [6.45, 7) is 5.43. The van der Waals surface area contributed by atoms with E-state index >= 15 is 0 Å². The first-order chi connectivity index (χ1) is 5.77. The van der Waals surface area contributed by atoms with Crippen LogP contribution in [0.3, 0.4) is 0 Å². The number of nitrogens with one attached hydrogen (secondary N) is 1. The molecule has 0 aliphatic carbocycles. The van der Waals surface area contributed by atoms with Crippen LogP contribution in [-0.4, -0.2) is 7.05 Å². The summed E-state index contributed by atoms with van der Waals surface area (Å²) in [5.41, 5.74) is 1.49. The van der Waals surface area contributed by atoms with E-state index < -0.39 is 0 Å². The zero-order valence-corrected chi connectivity index (χ0v) is 8.92. The van der Waals surface area contributed by atoms with Crippen molar-refractivity contribution in [3.63, 3.8) is 0 Å². The standard InChI is InChI=1S/C10H17NS/c1-4-5-10-9(7-11-3)6-8(2)12-10/h6,11H,4-5,7H2,1-3H3. The van der Waals surface area contributed by atoms with E-state index in [0.29, 0.717) is 0 Å². The van der Waals surface area contributed by atoms with Crippen LogP contribution in [0, 0.1) is 6.92 Å². The molecule has 0 saturated heterocycles. The van der Waals surface area contributed by atoms with Crippen LogP contribution in [0.5, 0.6) is 0 Å². The number of aryl methyl sites for hydroxylation is 2. The molecule has 12 heavy (non-hydrogen) atoms. The maximum atomic E-state index is 3.20. The molecular formula is C10H17NS. The lowest BCUT2D eigenvalue weighted by Crippen LogP contribution is -2.05. The number of hydrogen-bond acceptors (Lipinski definition) is 2. The van der Waals surface area contributed by atoms with Crippen molar-refractivity contribution < 1.29 is 0 Å². The van der Waals surface area contributed by atoms with Gasteiger partial charge in [0.25, 0.3) is 0 Å². The Morgan fingerprint density at radius 1 is 1.50 bits per heavy atom. The Bertz CT molecular complexity index is 216. The maximum absolute atomic E-state index is 3.20. The molecule has 0 fully saturated rings. The van der Waals surface area contributed by atoms with E-state index in [0.717, 1.165) is 6.54 Å². The number of hydrogen-bond donors (Lipinski definition) is 1. The molecule has 1 aromatic heterocycles. The smallest absolute Gasteiger partial charge is 0.0213 e. The van der Waals surface area contributed by atoms with Crippen LogP contribution in [0.4, 0.5) is 0 Å². The number of rotatable bonds is 4. The molecule has 0 unspecified atom stereocenters. The van der Waals surface area contributed by atoms with Crippen LogP contribution in [0.1, 0.15) is 28.7 Å². The summed E-state index contributed by atoms with van der Waals surface area (Å²) >= 11 is 1.94. The molecule has 1 heterocycles. The first-order valence-corrected chi connectivity index (χ1v) is 5.32. The molecule has 2 heteroatoms. The van der Waals surface area contributed by atoms with E-state index in [4.69, 9.17) is 0 Å². The van der Waals surface area contributed by atoms with Crippen molar-refractivity contribution in [2.75, 3.05) is 7.05 Å². The Balaban J connectivity index is 2.76. The van der Waals surface area contributed by atoms with Crippen molar-refractivity contribution in [2.45, 2.75) is 33.2 Å². The molecule has 1 aromatic rings. The predicted octanol–water partition coefficient (Wildman–Crippen LogP) is 2.73. The zero-order chi connectivity index (χ0) is 8.97. The highest BCUT2D eigenvalue weighted by Crippen LogP contribution is 2.22. The quantitative estimate of drug-likeness (QED) is 0.757. The normalized spacial score (nSPS) is 10.6. The van der Waals surface area contributed by atoms with E-state index in [1.807, 2.05) is 18.4 Å². The summed E-state index contributed by atoms with van der Waals surface area (Å²) in [4.78, 5) is 2.99. The van der Waals surface area contributed by atoms with Gasteiger partial charge in [0, 0.05) is 16.3 Å². The van der Waals surface area contributed by atoms with Gasteiger partial charge in [-0.05, 0) is 32.0 Å². The SMILES string of the molecule is CCCc1sc(C)cc1CNC. The van der Waals surface area contributed by atoms with E-state index in [1.165, 1.54) is 23.3 Å². The second-order valence-corrected chi connectivity index (χ2v) is 4.43. The second kappa shape index (κ2) is 4.63. The molecule has 1 rings (SSSR count). The third-order valence-electron chi connectivity index (χ3n) is 1.86. The van der Waals surface area contributed by atoms with Crippen LogP contribution in [-0.2, 0) is 13.0 Å². The van der Waals surface area contributed by atoms with Crippen LogP contribution in [0.25, 0.3) is 0 Å². The molecule has 68 valence electrons. The van der Waals surface area contributed by atoms with E-state index in [9.17, 15) is 0 Å². The van der Waals surface area contributed by atoms with Crippen molar-refractivity contribution in [3.8, 4) is 0 Å². The van der Waals surface area contributed by atoms with Gasteiger partial charge in [-0.15, -0.1) is 11.3 Å². The molecule has 0 aromatic carbocycles. The van der Waals surface area contributed by atoms with E-state index in [2.05, 4.69) is 25.2 Å². The first-order valence-electron chi connectivity index (χ1n) is 4.50. The lowest BCUT2D eigenvalue weighted by Gasteiger charge is -1.99. The summed E-state index contributed by atoms with van der Waals surface area (Å²) in [7, 11) is 2.00. The van der Waals surface area contributed by atoms with Crippen molar-refractivity contribution >= 4 is 11.3 Å². The summed E-state index contributed by atoms with van der Waals surface area (Å²) in [5, 5.41) is 3.20. The van der Waals surface area contributed by atoms with Gasteiger partial charge in [0.15, 0.2) is 0 Å². The van der Waals surface area contributed by atoms with Gasteiger partial charge in [0.1, 0.15) is 0 Å². The minimum Gasteiger partial charge on any atom is -0.316 e. The van der Waals surface area contributed by atoms with Crippen LogP contribution >= 0.6 is 11.3 Å². The van der Waals surface area contributed by atoms with Gasteiger partial charge in [-0.2, -0.15) is 0 Å². The molecule has 0 radical (unpaired) electrons. The number of thiophene rings is 1. The molecule has 1 N–H and O–H groups in total. The Labute approximate surface area is 78.8 Å². The summed E-state index contributed by atoms with van der Waals surface area (Å²) in [6, 6.07) is 2.30. The van der Waals surface area contributed by atoms with Gasteiger partial charge in [-0.3, -0.25) is 0 Å². The highest BCUT2D eigenvalue weighted by atomic mass is 32.1. The topological polar surface area (TPSA) is 12.0 Å². The zero-order valence-electron chi connectivity index (χ0n) is 8.11. The minimum atomic E-state index is 1.01. The van der Waals surface area contributed by atoms with Gasteiger partial charge in [0.05, 0.1) is 0 Å². The summed E-state index contributed by atoms with van der Waals surface area (Å²) in [5.74, 6) is 0. The average Bonchev–Trinajstić information content (AvgIpc) is 2.33. The molecule has 0 aliphatic rings. The largest absolute Gasteiger partial charge is 0.316 e. The van der Waals surface area contributed by atoms with Crippen molar-refractivity contribution in [1.82, 2.24) is 5.32 Å². The summed E-state index contributed by atoms with van der Waals surface area (Å²) < 4.78 is 0. The van der Waals surface area contributed by atoms with Crippen LogP contribution < -0.4 is 5.32 Å². The fourth-order valence-electron chi connectivity index (χ4n) is 1.39. The molecule has 0 spiro atoms. The van der Waals surface area contributed by atoms with Crippen molar-refractivity contribution in [3.05, 3.63) is 21.4 Å². The summed E-state index contributed by atoms with van der Waals surface area (Å²) in [6.07, 6.45) is 2.48. The third kappa shape index (κ3) is 2.32.